The van der Waals surface area contributed by atoms with Crippen LogP contribution in [0, 0.1) is 0 Å². The molecule has 0 fully saturated rings. The first-order valence-electron chi connectivity index (χ1n) is 6.40. The number of hydrogen-bond donors (Lipinski definition) is 2. The quantitative estimate of drug-likeness (QED) is 0.867. The third-order valence-electron chi connectivity index (χ3n) is 3.31. The number of nitrogens with two attached hydrogens (primary N) is 1. The van der Waals surface area contributed by atoms with Crippen LogP contribution < -0.4 is 16.0 Å². The van der Waals surface area contributed by atoms with Crippen molar-refractivity contribution < 1.29 is 4.79 Å². The van der Waals surface area contributed by atoms with Gasteiger partial charge in [-0.05, 0) is 30.2 Å². The fraction of sp³-hybridized carbons (Fsp3) is 0.214. The molecule has 1 aromatic carbocycles. The van der Waals surface area contributed by atoms with Gasteiger partial charge in [0.2, 0.25) is 11.9 Å². The molecule has 20 heavy (non-hydrogen) atoms. The van der Waals surface area contributed by atoms with Gasteiger partial charge in [0.25, 0.3) is 0 Å². The van der Waals surface area contributed by atoms with Gasteiger partial charge >= 0.3 is 0 Å². The van der Waals surface area contributed by atoms with Gasteiger partial charge in [-0.15, -0.1) is 0 Å². The van der Waals surface area contributed by atoms with Crippen LogP contribution in [0.15, 0.2) is 30.5 Å². The number of aromatic nitrogens is 2. The second kappa shape index (κ2) is 4.80. The monoisotopic (exact) mass is 269 g/mol. The topological polar surface area (TPSA) is 84.1 Å². The smallest absolute Gasteiger partial charge is 0.223 e. The third-order valence-corrected chi connectivity index (χ3v) is 3.31. The van der Waals surface area contributed by atoms with Gasteiger partial charge in [-0.25, -0.2) is 4.98 Å². The number of nitrogen functional groups attached to an aromatic ring is 1. The van der Waals surface area contributed by atoms with Gasteiger partial charge in [-0.2, -0.15) is 4.98 Å². The van der Waals surface area contributed by atoms with Crippen molar-refractivity contribution in [2.75, 3.05) is 22.5 Å². The molecule has 1 aliphatic heterocycles. The minimum atomic E-state index is 0.0622. The molecule has 2 heterocycles. The first kappa shape index (κ1) is 12.4. The van der Waals surface area contributed by atoms with E-state index in [0.29, 0.717) is 5.82 Å². The lowest BCUT2D eigenvalue weighted by Gasteiger charge is -2.16. The van der Waals surface area contributed by atoms with Crippen LogP contribution in [0.25, 0.3) is 0 Å². The molecule has 1 aliphatic rings. The summed E-state index contributed by atoms with van der Waals surface area (Å²) in [5.74, 6) is 0.915. The van der Waals surface area contributed by atoms with Crippen LogP contribution in [-0.2, 0) is 11.2 Å². The lowest BCUT2D eigenvalue weighted by atomic mass is 10.1. The minimum Gasteiger partial charge on any atom is -0.368 e. The Kier molecular flexibility index (Phi) is 2.98. The fourth-order valence-electron chi connectivity index (χ4n) is 2.38. The molecule has 2 aromatic rings. The summed E-state index contributed by atoms with van der Waals surface area (Å²) in [6, 6.07) is 7.71. The molecule has 0 unspecified atom stereocenters. The van der Waals surface area contributed by atoms with Gasteiger partial charge in [-0.3, -0.25) is 4.79 Å². The van der Waals surface area contributed by atoms with Gasteiger partial charge in [0, 0.05) is 31.0 Å². The molecule has 6 heteroatoms. The van der Waals surface area contributed by atoms with E-state index in [-0.39, 0.29) is 11.9 Å². The average Bonchev–Trinajstić information content (AvgIpc) is 2.82. The van der Waals surface area contributed by atoms with Crippen LogP contribution in [0.4, 0.5) is 23.1 Å². The summed E-state index contributed by atoms with van der Waals surface area (Å²) in [5.41, 5.74) is 8.57. The van der Waals surface area contributed by atoms with Gasteiger partial charge in [-0.1, -0.05) is 6.07 Å². The normalized spacial score (nSPS) is 13.2. The number of hydrogen-bond acceptors (Lipinski definition) is 5. The van der Waals surface area contributed by atoms with Gasteiger partial charge in [0.05, 0.1) is 0 Å². The van der Waals surface area contributed by atoms with Crippen LogP contribution in [0.1, 0.15) is 12.5 Å². The molecular weight excluding hydrogens is 254 g/mol. The summed E-state index contributed by atoms with van der Waals surface area (Å²) in [5, 5.41) is 3.16. The standard InChI is InChI=1S/C14H15N5O/c1-9(20)19-7-5-10-2-3-11(8-12(10)19)17-13-4-6-16-14(15)18-13/h2-4,6,8H,5,7H2,1H3,(H3,15,16,17,18). The number of rotatable bonds is 2. The molecule has 0 radical (unpaired) electrons. The first-order chi connectivity index (χ1) is 9.63. The maximum atomic E-state index is 11.6. The van der Waals surface area contributed by atoms with E-state index in [1.807, 2.05) is 18.2 Å². The van der Waals surface area contributed by atoms with Gasteiger partial charge < -0.3 is 16.0 Å². The van der Waals surface area contributed by atoms with Crippen LogP contribution in [-0.4, -0.2) is 22.4 Å². The predicted molar refractivity (Wildman–Crippen MR) is 77.9 cm³/mol. The molecule has 0 aliphatic carbocycles. The van der Waals surface area contributed by atoms with Gasteiger partial charge in [0.15, 0.2) is 0 Å². The van der Waals surface area contributed by atoms with E-state index in [0.717, 1.165) is 24.3 Å². The molecule has 0 spiro atoms. The summed E-state index contributed by atoms with van der Waals surface area (Å²) in [6.07, 6.45) is 2.50. The Morgan fingerprint density at radius 1 is 1.40 bits per heavy atom. The zero-order chi connectivity index (χ0) is 14.1. The molecule has 102 valence electrons. The lowest BCUT2D eigenvalue weighted by Crippen LogP contribution is -2.25. The number of carbonyl (C=O) groups excluding carboxylic acids is 1. The Hall–Kier alpha value is -2.63. The zero-order valence-electron chi connectivity index (χ0n) is 11.1. The number of amides is 1. The number of benzene rings is 1. The maximum Gasteiger partial charge on any atom is 0.223 e. The second-order valence-corrected chi connectivity index (χ2v) is 4.69. The molecule has 0 bridgehead atoms. The number of fused-ring (bicyclic) bond motifs is 1. The van der Waals surface area contributed by atoms with Crippen molar-refractivity contribution in [2.45, 2.75) is 13.3 Å². The largest absolute Gasteiger partial charge is 0.368 e. The summed E-state index contributed by atoms with van der Waals surface area (Å²) >= 11 is 0. The Balaban J connectivity index is 1.89. The highest BCUT2D eigenvalue weighted by Crippen LogP contribution is 2.31. The van der Waals surface area contributed by atoms with Crippen molar-refractivity contribution in [1.82, 2.24) is 9.97 Å². The van der Waals surface area contributed by atoms with E-state index >= 15 is 0 Å². The Morgan fingerprint density at radius 2 is 2.25 bits per heavy atom. The Bertz CT molecular complexity index is 670. The number of nitrogens with one attached hydrogen (secondary N) is 1. The molecule has 0 atom stereocenters. The molecule has 1 amide bonds. The highest BCUT2D eigenvalue weighted by Gasteiger charge is 2.22. The van der Waals surface area contributed by atoms with E-state index < -0.39 is 0 Å². The fourth-order valence-corrected chi connectivity index (χ4v) is 2.38. The van der Waals surface area contributed by atoms with Crippen molar-refractivity contribution >= 4 is 29.0 Å². The number of nitrogens with zero attached hydrogens (tertiary/aromatic N) is 3. The summed E-state index contributed by atoms with van der Waals surface area (Å²) in [6.45, 7) is 2.33. The summed E-state index contributed by atoms with van der Waals surface area (Å²) in [7, 11) is 0. The van der Waals surface area contributed by atoms with E-state index in [9.17, 15) is 4.79 Å². The van der Waals surface area contributed by atoms with E-state index in [4.69, 9.17) is 5.73 Å². The third kappa shape index (κ3) is 2.27. The van der Waals surface area contributed by atoms with E-state index in [2.05, 4.69) is 15.3 Å². The van der Waals surface area contributed by atoms with Crippen molar-refractivity contribution in [3.05, 3.63) is 36.0 Å². The molecule has 0 saturated carbocycles. The van der Waals surface area contributed by atoms with Crippen molar-refractivity contribution in [1.29, 1.82) is 0 Å². The predicted octanol–water partition coefficient (Wildman–Crippen LogP) is 1.71. The molecular formula is C14H15N5O. The van der Waals surface area contributed by atoms with Crippen LogP contribution >= 0.6 is 0 Å². The number of carbonyl (C=O) groups is 1. The second-order valence-electron chi connectivity index (χ2n) is 4.69. The van der Waals surface area contributed by atoms with Crippen molar-refractivity contribution in [3.8, 4) is 0 Å². The minimum absolute atomic E-state index is 0.0622. The summed E-state index contributed by atoms with van der Waals surface area (Å²) < 4.78 is 0. The number of anilines is 4. The van der Waals surface area contributed by atoms with Crippen molar-refractivity contribution in [3.63, 3.8) is 0 Å². The molecule has 3 rings (SSSR count). The molecule has 1 aromatic heterocycles. The van der Waals surface area contributed by atoms with E-state index in [1.54, 1.807) is 24.1 Å². The maximum absolute atomic E-state index is 11.6. The average molecular weight is 269 g/mol. The Morgan fingerprint density at radius 3 is 3.00 bits per heavy atom. The van der Waals surface area contributed by atoms with Crippen LogP contribution in [0.3, 0.4) is 0 Å². The SMILES string of the molecule is CC(=O)N1CCc2ccc(Nc3ccnc(N)n3)cc21. The van der Waals surface area contributed by atoms with E-state index in [1.165, 1.54) is 5.56 Å². The molecule has 6 nitrogen and oxygen atoms in total. The van der Waals surface area contributed by atoms with Crippen LogP contribution in [0.2, 0.25) is 0 Å². The van der Waals surface area contributed by atoms with Crippen LogP contribution in [0.5, 0.6) is 0 Å². The lowest BCUT2D eigenvalue weighted by molar-refractivity contribution is -0.116. The zero-order valence-corrected chi connectivity index (χ0v) is 11.1. The highest BCUT2D eigenvalue weighted by atomic mass is 16.2. The van der Waals surface area contributed by atoms with Crippen molar-refractivity contribution in [2.24, 2.45) is 0 Å². The molecule has 0 saturated heterocycles. The summed E-state index contributed by atoms with van der Waals surface area (Å²) in [4.78, 5) is 21.3. The molecule has 3 N–H and O–H groups in total. The van der Waals surface area contributed by atoms with Gasteiger partial charge in [0.1, 0.15) is 5.82 Å². The first-order valence-corrected chi connectivity index (χ1v) is 6.40. The highest BCUT2D eigenvalue weighted by molar-refractivity contribution is 5.94. The Labute approximate surface area is 116 Å².